The zero-order valence-electron chi connectivity index (χ0n) is 9.59. The molecule has 4 nitrogen and oxygen atoms in total. The van der Waals surface area contributed by atoms with Crippen molar-refractivity contribution in [2.75, 3.05) is 0 Å². The number of amides is 2. The van der Waals surface area contributed by atoms with Gasteiger partial charge in [-0.25, -0.2) is 0 Å². The molecule has 1 aliphatic heterocycles. The highest BCUT2D eigenvalue weighted by atomic mass is 16.7. The van der Waals surface area contributed by atoms with Crippen LogP contribution in [0.2, 0.25) is 0 Å². The third-order valence-electron chi connectivity index (χ3n) is 2.69. The molecule has 0 aromatic heterocycles. The van der Waals surface area contributed by atoms with E-state index in [1.807, 2.05) is 30.3 Å². The number of rotatable bonds is 3. The third-order valence-corrected chi connectivity index (χ3v) is 2.69. The number of benzene rings is 1. The van der Waals surface area contributed by atoms with Gasteiger partial charge in [0.15, 0.2) is 0 Å². The lowest BCUT2D eigenvalue weighted by Crippen LogP contribution is -2.35. The summed E-state index contributed by atoms with van der Waals surface area (Å²) in [5, 5.41) is 0.931. The average Bonchev–Trinajstić information content (AvgIpc) is 2.50. The normalized spacial score (nSPS) is 17.1. The van der Waals surface area contributed by atoms with Gasteiger partial charge in [0.25, 0.3) is 11.8 Å². The van der Waals surface area contributed by atoms with Crippen LogP contribution in [0.5, 0.6) is 0 Å². The highest BCUT2D eigenvalue weighted by Gasteiger charge is 2.25. The second kappa shape index (κ2) is 5.59. The van der Waals surface area contributed by atoms with Gasteiger partial charge in [-0.3, -0.25) is 14.4 Å². The summed E-state index contributed by atoms with van der Waals surface area (Å²) in [5.74, 6) is -0.466. The fraction of sp³-hybridized carbons (Fsp3) is 0.385. The Morgan fingerprint density at radius 1 is 1.00 bits per heavy atom. The number of carbonyl (C=O) groups is 2. The predicted molar refractivity (Wildman–Crippen MR) is 61.6 cm³/mol. The minimum absolute atomic E-state index is 0.233. The Morgan fingerprint density at radius 3 is 2.18 bits per heavy atom. The highest BCUT2D eigenvalue weighted by Crippen LogP contribution is 2.14. The Hall–Kier alpha value is -1.68. The standard InChI is InChI=1S/C13H15NO3/c15-12-8-4-5-9-13(16)14(12)17-10-11-6-2-1-3-7-11/h1-3,6-7H,4-5,8-10H2. The van der Waals surface area contributed by atoms with Gasteiger partial charge in [-0.1, -0.05) is 30.3 Å². The number of hydroxylamine groups is 2. The Morgan fingerprint density at radius 2 is 1.59 bits per heavy atom. The molecule has 0 N–H and O–H groups in total. The van der Waals surface area contributed by atoms with Crippen molar-refractivity contribution in [1.29, 1.82) is 0 Å². The molecule has 2 amide bonds. The molecule has 17 heavy (non-hydrogen) atoms. The van der Waals surface area contributed by atoms with E-state index in [0.717, 1.165) is 23.5 Å². The molecule has 0 spiro atoms. The van der Waals surface area contributed by atoms with Crippen molar-refractivity contribution < 1.29 is 14.4 Å². The molecule has 0 unspecified atom stereocenters. The van der Waals surface area contributed by atoms with Gasteiger partial charge in [0.2, 0.25) is 0 Å². The Labute approximate surface area is 100 Å². The van der Waals surface area contributed by atoms with Crippen molar-refractivity contribution in [1.82, 2.24) is 5.06 Å². The molecule has 1 aliphatic rings. The molecule has 1 fully saturated rings. The van der Waals surface area contributed by atoms with E-state index in [-0.39, 0.29) is 18.4 Å². The summed E-state index contributed by atoms with van der Waals surface area (Å²) in [6, 6.07) is 9.49. The number of nitrogens with zero attached hydrogens (tertiary/aromatic N) is 1. The first-order valence-corrected chi connectivity index (χ1v) is 5.80. The number of imide groups is 1. The summed E-state index contributed by atoms with van der Waals surface area (Å²) in [5.41, 5.74) is 0.942. The van der Waals surface area contributed by atoms with E-state index in [1.54, 1.807) is 0 Å². The van der Waals surface area contributed by atoms with Crippen LogP contribution in [0, 0.1) is 0 Å². The summed E-state index contributed by atoms with van der Waals surface area (Å²) < 4.78 is 0. The Kier molecular flexibility index (Phi) is 3.88. The van der Waals surface area contributed by atoms with Gasteiger partial charge in [-0.05, 0) is 18.4 Å². The van der Waals surface area contributed by atoms with Crippen LogP contribution < -0.4 is 0 Å². The molecule has 0 aliphatic carbocycles. The molecule has 0 saturated carbocycles. The monoisotopic (exact) mass is 233 g/mol. The molecule has 1 saturated heterocycles. The maximum absolute atomic E-state index is 11.6. The van der Waals surface area contributed by atoms with Gasteiger partial charge >= 0.3 is 0 Å². The Bertz CT molecular complexity index is 384. The first-order valence-electron chi connectivity index (χ1n) is 5.80. The van der Waals surface area contributed by atoms with Gasteiger partial charge < -0.3 is 0 Å². The minimum Gasteiger partial charge on any atom is -0.272 e. The summed E-state index contributed by atoms with van der Waals surface area (Å²) in [4.78, 5) is 28.6. The van der Waals surface area contributed by atoms with Gasteiger partial charge in [0, 0.05) is 12.8 Å². The quantitative estimate of drug-likeness (QED) is 0.750. The average molecular weight is 233 g/mol. The second-order valence-corrected chi connectivity index (χ2v) is 4.05. The zero-order chi connectivity index (χ0) is 12.1. The lowest BCUT2D eigenvalue weighted by molar-refractivity contribution is -0.197. The van der Waals surface area contributed by atoms with Crippen LogP contribution in [0.3, 0.4) is 0 Å². The first kappa shape index (κ1) is 11.8. The summed E-state index contributed by atoms with van der Waals surface area (Å²) in [6.45, 7) is 0.248. The molecule has 1 aromatic carbocycles. The van der Waals surface area contributed by atoms with Crippen LogP contribution >= 0.6 is 0 Å². The molecule has 0 radical (unpaired) electrons. The van der Waals surface area contributed by atoms with Crippen LogP contribution in [0.15, 0.2) is 30.3 Å². The van der Waals surface area contributed by atoms with Crippen molar-refractivity contribution in [3.05, 3.63) is 35.9 Å². The van der Waals surface area contributed by atoms with E-state index < -0.39 is 0 Å². The summed E-state index contributed by atoms with van der Waals surface area (Å²) in [7, 11) is 0. The van der Waals surface area contributed by atoms with Crippen LogP contribution in [0.4, 0.5) is 0 Å². The van der Waals surface area contributed by atoms with E-state index in [0.29, 0.717) is 12.8 Å². The van der Waals surface area contributed by atoms with E-state index >= 15 is 0 Å². The second-order valence-electron chi connectivity index (χ2n) is 4.05. The van der Waals surface area contributed by atoms with Crippen LogP contribution in [-0.4, -0.2) is 16.9 Å². The van der Waals surface area contributed by atoms with Gasteiger partial charge in [-0.2, -0.15) is 5.06 Å². The van der Waals surface area contributed by atoms with Crippen molar-refractivity contribution in [2.24, 2.45) is 0 Å². The molecule has 1 aromatic rings. The first-order chi connectivity index (χ1) is 8.27. The maximum Gasteiger partial charge on any atom is 0.253 e. The Balaban J connectivity index is 1.97. The van der Waals surface area contributed by atoms with Crippen LogP contribution in [0.25, 0.3) is 0 Å². The fourth-order valence-corrected chi connectivity index (χ4v) is 1.75. The minimum atomic E-state index is -0.233. The van der Waals surface area contributed by atoms with E-state index in [1.165, 1.54) is 0 Å². The zero-order valence-corrected chi connectivity index (χ0v) is 9.59. The van der Waals surface area contributed by atoms with Crippen molar-refractivity contribution in [2.45, 2.75) is 32.3 Å². The largest absolute Gasteiger partial charge is 0.272 e. The molecule has 90 valence electrons. The maximum atomic E-state index is 11.6. The van der Waals surface area contributed by atoms with E-state index in [2.05, 4.69) is 0 Å². The molecule has 0 atom stereocenters. The summed E-state index contributed by atoms with van der Waals surface area (Å²) in [6.07, 6.45) is 2.30. The van der Waals surface area contributed by atoms with Gasteiger partial charge in [-0.15, -0.1) is 0 Å². The van der Waals surface area contributed by atoms with Crippen LogP contribution in [-0.2, 0) is 21.0 Å². The van der Waals surface area contributed by atoms with E-state index in [9.17, 15) is 9.59 Å². The molecule has 4 heteroatoms. The SMILES string of the molecule is O=C1CCCCC(=O)N1OCc1ccccc1. The van der Waals surface area contributed by atoms with Gasteiger partial charge in [0.05, 0.1) is 0 Å². The third kappa shape index (κ3) is 3.14. The van der Waals surface area contributed by atoms with Gasteiger partial charge in [0.1, 0.15) is 6.61 Å². The number of carbonyl (C=O) groups excluding carboxylic acids is 2. The summed E-state index contributed by atoms with van der Waals surface area (Å²) >= 11 is 0. The number of hydrogen-bond acceptors (Lipinski definition) is 3. The topological polar surface area (TPSA) is 46.6 Å². The van der Waals surface area contributed by atoms with Crippen molar-refractivity contribution >= 4 is 11.8 Å². The van der Waals surface area contributed by atoms with Crippen molar-refractivity contribution in [3.63, 3.8) is 0 Å². The lowest BCUT2D eigenvalue weighted by atomic mass is 10.2. The molecule has 1 heterocycles. The molecule has 2 rings (SSSR count). The van der Waals surface area contributed by atoms with E-state index in [4.69, 9.17) is 4.84 Å². The van der Waals surface area contributed by atoms with Crippen molar-refractivity contribution in [3.8, 4) is 0 Å². The molecule has 0 bridgehead atoms. The predicted octanol–water partition coefficient (Wildman–Crippen LogP) is 2.05. The highest BCUT2D eigenvalue weighted by molar-refractivity contribution is 5.94. The lowest BCUT2D eigenvalue weighted by Gasteiger charge is -2.17. The molecular weight excluding hydrogens is 218 g/mol. The van der Waals surface area contributed by atoms with Crippen LogP contribution in [0.1, 0.15) is 31.2 Å². The smallest absolute Gasteiger partial charge is 0.253 e. The number of hydrogen-bond donors (Lipinski definition) is 0. The molecular formula is C13H15NO3. The fourth-order valence-electron chi connectivity index (χ4n) is 1.75.